The molecule has 0 spiro atoms. The normalized spacial score (nSPS) is 21.2. The predicted molar refractivity (Wildman–Crippen MR) is 95.5 cm³/mol. The van der Waals surface area contributed by atoms with Crippen LogP contribution in [0, 0.1) is 19.8 Å². The first kappa shape index (κ1) is 17.2. The Morgan fingerprint density at radius 2 is 2.04 bits per heavy atom. The van der Waals surface area contributed by atoms with E-state index < -0.39 is 0 Å². The quantitative estimate of drug-likeness (QED) is 0.868. The highest BCUT2D eigenvalue weighted by Crippen LogP contribution is 2.30. The molecule has 1 aromatic heterocycles. The number of amides is 1. The number of hydrogen-bond donors (Lipinski definition) is 1. The number of carbonyl (C=O) groups is 1. The molecule has 0 aromatic carbocycles. The van der Waals surface area contributed by atoms with Crippen LogP contribution >= 0.6 is 0 Å². The number of nitrogens with zero attached hydrogens (tertiary/aromatic N) is 2. The first-order chi connectivity index (χ1) is 11.5. The summed E-state index contributed by atoms with van der Waals surface area (Å²) in [5, 5.41) is 3.01. The summed E-state index contributed by atoms with van der Waals surface area (Å²) in [6, 6.07) is 2.37. The van der Waals surface area contributed by atoms with Crippen molar-refractivity contribution in [2.45, 2.75) is 59.0 Å². The molecule has 5 nitrogen and oxygen atoms in total. The molecule has 1 amide bonds. The van der Waals surface area contributed by atoms with Crippen LogP contribution in [0.3, 0.4) is 0 Å². The van der Waals surface area contributed by atoms with E-state index in [0.29, 0.717) is 24.1 Å². The largest absolute Gasteiger partial charge is 0.350 e. The van der Waals surface area contributed by atoms with Crippen molar-refractivity contribution in [3.63, 3.8) is 0 Å². The number of likely N-dealkylation sites (tertiary alicyclic amines) is 1. The summed E-state index contributed by atoms with van der Waals surface area (Å²) in [5.74, 6) is 0.390. The predicted octanol–water partition coefficient (Wildman–Crippen LogP) is 2.09. The molecule has 1 aliphatic carbocycles. The number of rotatable bonds is 6. The SMILES string of the molecule is CCN1CCCC1CNC(=O)c1c(C)cc(C)n(CC2CC2)c1=O. The lowest BCUT2D eigenvalue weighted by atomic mass is 10.1. The van der Waals surface area contributed by atoms with E-state index in [0.717, 1.165) is 37.3 Å². The van der Waals surface area contributed by atoms with Crippen LogP contribution in [0.5, 0.6) is 0 Å². The molecule has 1 saturated carbocycles. The lowest BCUT2D eigenvalue weighted by Gasteiger charge is -2.23. The molecule has 1 N–H and O–H groups in total. The van der Waals surface area contributed by atoms with Crippen LogP contribution in [-0.4, -0.2) is 41.1 Å². The molecule has 3 rings (SSSR count). The van der Waals surface area contributed by atoms with Crippen molar-refractivity contribution >= 4 is 5.91 Å². The van der Waals surface area contributed by atoms with Crippen molar-refractivity contribution in [3.8, 4) is 0 Å². The van der Waals surface area contributed by atoms with E-state index in [4.69, 9.17) is 0 Å². The second kappa shape index (κ2) is 7.09. The van der Waals surface area contributed by atoms with Crippen molar-refractivity contribution in [2.24, 2.45) is 5.92 Å². The monoisotopic (exact) mass is 331 g/mol. The third-order valence-electron chi connectivity index (χ3n) is 5.47. The fraction of sp³-hybridized carbons (Fsp3) is 0.684. The second-order valence-electron chi connectivity index (χ2n) is 7.34. The molecular formula is C19H29N3O2. The molecule has 1 aliphatic heterocycles. The minimum atomic E-state index is -0.218. The summed E-state index contributed by atoms with van der Waals surface area (Å²) in [7, 11) is 0. The van der Waals surface area contributed by atoms with E-state index in [1.165, 1.54) is 19.3 Å². The average Bonchev–Trinajstić information content (AvgIpc) is 3.24. The lowest BCUT2D eigenvalue weighted by molar-refractivity contribution is 0.0938. The molecule has 1 unspecified atom stereocenters. The molecule has 5 heteroatoms. The van der Waals surface area contributed by atoms with Gasteiger partial charge in [-0.25, -0.2) is 0 Å². The summed E-state index contributed by atoms with van der Waals surface area (Å²) >= 11 is 0. The maximum Gasteiger partial charge on any atom is 0.263 e. The van der Waals surface area contributed by atoms with Crippen molar-refractivity contribution in [2.75, 3.05) is 19.6 Å². The Kier molecular flexibility index (Phi) is 5.09. The van der Waals surface area contributed by atoms with E-state index >= 15 is 0 Å². The minimum Gasteiger partial charge on any atom is -0.350 e. The van der Waals surface area contributed by atoms with Gasteiger partial charge in [-0.15, -0.1) is 0 Å². The molecule has 0 bridgehead atoms. The molecule has 2 aliphatic rings. The molecule has 2 fully saturated rings. The Bertz CT molecular complexity index is 676. The standard InChI is InChI=1S/C19H29N3O2/c1-4-21-9-5-6-16(21)11-20-18(23)17-13(2)10-14(3)22(19(17)24)12-15-7-8-15/h10,15-16H,4-9,11-12H2,1-3H3,(H,20,23). The summed E-state index contributed by atoms with van der Waals surface area (Å²) < 4.78 is 1.79. The topological polar surface area (TPSA) is 54.3 Å². The molecule has 1 atom stereocenters. The Morgan fingerprint density at radius 1 is 1.29 bits per heavy atom. The molecular weight excluding hydrogens is 302 g/mol. The smallest absolute Gasteiger partial charge is 0.263 e. The maximum absolute atomic E-state index is 12.8. The number of likely N-dealkylation sites (N-methyl/N-ethyl adjacent to an activating group) is 1. The van der Waals surface area contributed by atoms with Crippen LogP contribution in [-0.2, 0) is 6.54 Å². The van der Waals surface area contributed by atoms with Crippen LogP contribution in [0.15, 0.2) is 10.9 Å². The zero-order valence-electron chi connectivity index (χ0n) is 15.1. The van der Waals surface area contributed by atoms with Crippen molar-refractivity contribution in [1.29, 1.82) is 0 Å². The van der Waals surface area contributed by atoms with Crippen molar-refractivity contribution in [1.82, 2.24) is 14.8 Å². The third kappa shape index (κ3) is 3.56. The summed E-state index contributed by atoms with van der Waals surface area (Å²) in [6.07, 6.45) is 4.69. The first-order valence-electron chi connectivity index (χ1n) is 9.24. The van der Waals surface area contributed by atoms with E-state index in [2.05, 4.69) is 17.1 Å². The van der Waals surface area contributed by atoms with E-state index in [-0.39, 0.29) is 11.5 Å². The number of aromatic nitrogens is 1. The number of aryl methyl sites for hydroxylation is 2. The van der Waals surface area contributed by atoms with Gasteiger partial charge in [0.05, 0.1) is 0 Å². The van der Waals surface area contributed by atoms with Crippen LogP contribution in [0.25, 0.3) is 0 Å². The van der Waals surface area contributed by atoms with Gasteiger partial charge >= 0.3 is 0 Å². The molecule has 1 aromatic rings. The highest BCUT2D eigenvalue weighted by molar-refractivity contribution is 5.95. The van der Waals surface area contributed by atoms with Gasteiger partial charge in [0, 0.05) is 24.8 Å². The molecule has 132 valence electrons. The van der Waals surface area contributed by atoms with Crippen LogP contribution < -0.4 is 10.9 Å². The van der Waals surface area contributed by atoms with E-state index in [9.17, 15) is 9.59 Å². The Hall–Kier alpha value is -1.62. The number of nitrogens with one attached hydrogen (secondary N) is 1. The fourth-order valence-electron chi connectivity index (χ4n) is 3.83. The maximum atomic E-state index is 12.8. The van der Waals surface area contributed by atoms with Gasteiger partial charge < -0.3 is 9.88 Å². The van der Waals surface area contributed by atoms with Gasteiger partial charge in [0.15, 0.2) is 0 Å². The minimum absolute atomic E-state index is 0.129. The number of hydrogen-bond acceptors (Lipinski definition) is 3. The van der Waals surface area contributed by atoms with Gasteiger partial charge in [0.25, 0.3) is 11.5 Å². The van der Waals surface area contributed by atoms with E-state index in [1.807, 2.05) is 19.9 Å². The third-order valence-corrected chi connectivity index (χ3v) is 5.47. The molecule has 0 radical (unpaired) electrons. The molecule has 24 heavy (non-hydrogen) atoms. The van der Waals surface area contributed by atoms with E-state index in [1.54, 1.807) is 4.57 Å². The fourth-order valence-corrected chi connectivity index (χ4v) is 3.83. The zero-order chi connectivity index (χ0) is 17.3. The van der Waals surface area contributed by atoms with Crippen LogP contribution in [0.1, 0.15) is 54.2 Å². The highest BCUT2D eigenvalue weighted by Gasteiger charge is 2.26. The highest BCUT2D eigenvalue weighted by atomic mass is 16.2. The molecule has 2 heterocycles. The van der Waals surface area contributed by atoms with Gasteiger partial charge in [0.1, 0.15) is 5.56 Å². The lowest BCUT2D eigenvalue weighted by Crippen LogP contribution is -2.42. The Balaban J connectivity index is 1.75. The van der Waals surface area contributed by atoms with Crippen molar-refractivity contribution in [3.05, 3.63) is 33.2 Å². The molecule has 1 saturated heterocycles. The van der Waals surface area contributed by atoms with Gasteiger partial charge in [-0.1, -0.05) is 6.92 Å². The Morgan fingerprint density at radius 3 is 2.71 bits per heavy atom. The van der Waals surface area contributed by atoms with Gasteiger partial charge in [-0.3, -0.25) is 14.5 Å². The van der Waals surface area contributed by atoms with Crippen LogP contribution in [0.4, 0.5) is 0 Å². The van der Waals surface area contributed by atoms with Gasteiger partial charge in [0.2, 0.25) is 0 Å². The number of carbonyl (C=O) groups excluding carboxylic acids is 1. The summed E-state index contributed by atoms with van der Waals surface area (Å²) in [4.78, 5) is 27.9. The summed E-state index contributed by atoms with van der Waals surface area (Å²) in [5.41, 5.74) is 1.92. The van der Waals surface area contributed by atoms with Gasteiger partial charge in [-0.2, -0.15) is 0 Å². The summed E-state index contributed by atoms with van der Waals surface area (Å²) in [6.45, 7) is 9.46. The average molecular weight is 331 g/mol. The van der Waals surface area contributed by atoms with Gasteiger partial charge in [-0.05, 0) is 70.2 Å². The zero-order valence-corrected chi connectivity index (χ0v) is 15.1. The van der Waals surface area contributed by atoms with Crippen LogP contribution in [0.2, 0.25) is 0 Å². The second-order valence-corrected chi connectivity index (χ2v) is 7.34. The Labute approximate surface area is 144 Å². The first-order valence-corrected chi connectivity index (χ1v) is 9.24. The van der Waals surface area contributed by atoms with Crippen molar-refractivity contribution < 1.29 is 4.79 Å². The number of pyridine rings is 1.